The summed E-state index contributed by atoms with van der Waals surface area (Å²) in [5, 5.41) is 0. The summed E-state index contributed by atoms with van der Waals surface area (Å²) in [7, 11) is 0. The maximum absolute atomic E-state index is 12.7. The van der Waals surface area contributed by atoms with Gasteiger partial charge in [0.1, 0.15) is 0 Å². The average Bonchev–Trinajstić information content (AvgIpc) is 2.44. The third-order valence-corrected chi connectivity index (χ3v) is 3.83. The summed E-state index contributed by atoms with van der Waals surface area (Å²) in [6.45, 7) is 9.11. The number of nitrogens with two attached hydrogens (primary N) is 1. The van der Waals surface area contributed by atoms with Crippen LogP contribution in [0.2, 0.25) is 0 Å². The lowest BCUT2D eigenvalue weighted by Gasteiger charge is -2.35. The zero-order chi connectivity index (χ0) is 14.5. The van der Waals surface area contributed by atoms with E-state index in [1.807, 2.05) is 62.9 Å². The highest BCUT2D eigenvalue weighted by atomic mass is 16.2. The van der Waals surface area contributed by atoms with E-state index in [4.69, 9.17) is 5.73 Å². The molecule has 0 heterocycles. The lowest BCUT2D eigenvalue weighted by molar-refractivity contribution is -0.143. The van der Waals surface area contributed by atoms with E-state index in [1.165, 1.54) is 0 Å². The summed E-state index contributed by atoms with van der Waals surface area (Å²) in [6, 6.07) is 10.3. The van der Waals surface area contributed by atoms with E-state index >= 15 is 0 Å². The van der Waals surface area contributed by atoms with E-state index in [2.05, 4.69) is 0 Å². The van der Waals surface area contributed by atoms with Crippen LogP contribution in [-0.2, 0) is 11.3 Å². The maximum Gasteiger partial charge on any atom is 0.230 e. The van der Waals surface area contributed by atoms with Crippen molar-refractivity contribution in [3.8, 4) is 0 Å². The average molecular weight is 262 g/mol. The Bertz CT molecular complexity index is 396. The summed E-state index contributed by atoms with van der Waals surface area (Å²) in [5.41, 5.74) is 6.50. The molecule has 0 saturated heterocycles. The molecule has 0 saturated carbocycles. The van der Waals surface area contributed by atoms with Crippen LogP contribution in [0.4, 0.5) is 0 Å². The second-order valence-corrected chi connectivity index (χ2v) is 5.63. The Balaban J connectivity index is 2.92. The lowest BCUT2D eigenvalue weighted by Crippen LogP contribution is -2.48. The molecule has 0 aliphatic carbocycles. The molecule has 0 radical (unpaired) electrons. The van der Waals surface area contributed by atoms with E-state index in [0.717, 1.165) is 12.0 Å². The molecule has 0 spiro atoms. The zero-order valence-corrected chi connectivity index (χ0v) is 12.5. The molecule has 2 N–H and O–H groups in total. The third-order valence-electron chi connectivity index (χ3n) is 3.83. The van der Waals surface area contributed by atoms with Crippen molar-refractivity contribution < 1.29 is 4.79 Å². The normalized spacial score (nSPS) is 14.2. The van der Waals surface area contributed by atoms with Crippen LogP contribution in [0.15, 0.2) is 30.3 Å². The van der Waals surface area contributed by atoms with Crippen molar-refractivity contribution in [3.63, 3.8) is 0 Å². The molecule has 19 heavy (non-hydrogen) atoms. The number of amides is 1. The minimum atomic E-state index is -0.459. The maximum atomic E-state index is 12.7. The van der Waals surface area contributed by atoms with Crippen LogP contribution < -0.4 is 5.73 Å². The highest BCUT2D eigenvalue weighted by molar-refractivity contribution is 5.82. The van der Waals surface area contributed by atoms with Gasteiger partial charge in [0, 0.05) is 19.1 Å². The number of carbonyl (C=O) groups excluding carboxylic acids is 1. The van der Waals surface area contributed by atoms with E-state index in [0.29, 0.717) is 13.1 Å². The topological polar surface area (TPSA) is 46.3 Å². The van der Waals surface area contributed by atoms with Crippen LogP contribution in [0, 0.1) is 5.41 Å². The Morgan fingerprint density at radius 2 is 1.89 bits per heavy atom. The van der Waals surface area contributed by atoms with Gasteiger partial charge in [-0.1, -0.05) is 37.3 Å². The summed E-state index contributed by atoms with van der Waals surface area (Å²) in [5.74, 6) is 0.149. The van der Waals surface area contributed by atoms with Crippen molar-refractivity contribution in [2.75, 3.05) is 6.54 Å². The molecule has 1 aromatic rings. The molecule has 0 bridgehead atoms. The quantitative estimate of drug-likeness (QED) is 0.857. The van der Waals surface area contributed by atoms with Crippen LogP contribution in [0.3, 0.4) is 0 Å². The molecular weight excluding hydrogens is 236 g/mol. The first-order chi connectivity index (χ1) is 8.94. The third kappa shape index (κ3) is 3.80. The molecule has 3 heteroatoms. The predicted molar refractivity (Wildman–Crippen MR) is 79.6 cm³/mol. The molecule has 1 rings (SSSR count). The Labute approximate surface area is 116 Å². The Morgan fingerprint density at radius 1 is 1.32 bits per heavy atom. The van der Waals surface area contributed by atoms with Gasteiger partial charge >= 0.3 is 0 Å². The molecule has 0 fully saturated rings. The summed E-state index contributed by atoms with van der Waals surface area (Å²) >= 11 is 0. The molecule has 1 atom stereocenters. The summed E-state index contributed by atoms with van der Waals surface area (Å²) in [6.07, 6.45) is 0.764. The van der Waals surface area contributed by atoms with Gasteiger partial charge < -0.3 is 10.6 Å². The largest absolute Gasteiger partial charge is 0.335 e. The first-order valence-corrected chi connectivity index (χ1v) is 6.99. The highest BCUT2D eigenvalue weighted by Gasteiger charge is 2.34. The SMILES string of the molecule is CCC(C)(CN)C(=O)N(Cc1ccccc1)C(C)C. The second kappa shape index (κ2) is 6.71. The fourth-order valence-electron chi connectivity index (χ4n) is 2.00. The second-order valence-electron chi connectivity index (χ2n) is 5.63. The Hall–Kier alpha value is -1.35. The first-order valence-electron chi connectivity index (χ1n) is 6.99. The molecule has 1 aromatic carbocycles. The van der Waals surface area contributed by atoms with Crippen LogP contribution in [-0.4, -0.2) is 23.4 Å². The number of nitrogens with zero attached hydrogens (tertiary/aromatic N) is 1. The summed E-state index contributed by atoms with van der Waals surface area (Å²) < 4.78 is 0. The number of rotatable bonds is 6. The van der Waals surface area contributed by atoms with Crippen molar-refractivity contribution in [2.24, 2.45) is 11.1 Å². The van der Waals surface area contributed by atoms with Crippen LogP contribution in [0.5, 0.6) is 0 Å². The summed E-state index contributed by atoms with van der Waals surface area (Å²) in [4.78, 5) is 14.6. The van der Waals surface area contributed by atoms with Crippen molar-refractivity contribution >= 4 is 5.91 Å². The van der Waals surface area contributed by atoms with Crippen LogP contribution in [0.25, 0.3) is 0 Å². The van der Waals surface area contributed by atoms with Crippen LogP contribution >= 0.6 is 0 Å². The molecule has 0 aliphatic rings. The zero-order valence-electron chi connectivity index (χ0n) is 12.5. The standard InChI is InChI=1S/C16H26N2O/c1-5-16(4,12-17)15(19)18(13(2)3)11-14-9-7-6-8-10-14/h6-10,13H,5,11-12,17H2,1-4H3. The van der Waals surface area contributed by atoms with Crippen molar-refractivity contribution in [1.82, 2.24) is 4.90 Å². The smallest absolute Gasteiger partial charge is 0.230 e. The van der Waals surface area contributed by atoms with E-state index < -0.39 is 5.41 Å². The fraction of sp³-hybridized carbons (Fsp3) is 0.562. The van der Waals surface area contributed by atoms with Gasteiger partial charge in [-0.15, -0.1) is 0 Å². The van der Waals surface area contributed by atoms with Gasteiger partial charge in [-0.25, -0.2) is 0 Å². The monoisotopic (exact) mass is 262 g/mol. The Morgan fingerprint density at radius 3 is 2.32 bits per heavy atom. The molecule has 106 valence electrons. The van der Waals surface area contributed by atoms with Gasteiger partial charge in [0.25, 0.3) is 0 Å². The van der Waals surface area contributed by atoms with E-state index in [9.17, 15) is 4.79 Å². The molecule has 1 unspecified atom stereocenters. The van der Waals surface area contributed by atoms with Gasteiger partial charge in [-0.2, -0.15) is 0 Å². The van der Waals surface area contributed by atoms with Crippen molar-refractivity contribution in [1.29, 1.82) is 0 Å². The molecule has 3 nitrogen and oxygen atoms in total. The Kier molecular flexibility index (Phi) is 5.55. The minimum Gasteiger partial charge on any atom is -0.335 e. The van der Waals surface area contributed by atoms with Crippen molar-refractivity contribution in [2.45, 2.75) is 46.7 Å². The first kappa shape index (κ1) is 15.7. The van der Waals surface area contributed by atoms with Gasteiger partial charge in [-0.3, -0.25) is 4.79 Å². The molecule has 0 aliphatic heterocycles. The fourth-order valence-corrected chi connectivity index (χ4v) is 2.00. The number of benzene rings is 1. The predicted octanol–water partition coefficient (Wildman–Crippen LogP) is 2.80. The van der Waals surface area contributed by atoms with Gasteiger partial charge in [0.2, 0.25) is 5.91 Å². The lowest BCUT2D eigenvalue weighted by atomic mass is 9.85. The van der Waals surface area contributed by atoms with Gasteiger partial charge in [0.15, 0.2) is 0 Å². The number of hydrogen-bond donors (Lipinski definition) is 1. The minimum absolute atomic E-state index is 0.149. The molecule has 1 amide bonds. The highest BCUT2D eigenvalue weighted by Crippen LogP contribution is 2.25. The van der Waals surface area contributed by atoms with Crippen molar-refractivity contribution in [3.05, 3.63) is 35.9 Å². The van der Waals surface area contributed by atoms with Gasteiger partial charge in [0.05, 0.1) is 5.41 Å². The van der Waals surface area contributed by atoms with E-state index in [-0.39, 0.29) is 11.9 Å². The van der Waals surface area contributed by atoms with E-state index in [1.54, 1.807) is 0 Å². The molecular formula is C16H26N2O. The molecule has 0 aromatic heterocycles. The van der Waals surface area contributed by atoms with Crippen LogP contribution in [0.1, 0.15) is 39.7 Å². The van der Waals surface area contributed by atoms with Gasteiger partial charge in [-0.05, 0) is 32.8 Å². The number of carbonyl (C=O) groups is 1. The number of hydrogen-bond acceptors (Lipinski definition) is 2.